The third kappa shape index (κ3) is 4.45. The molecule has 4 heteroatoms. The molecule has 4 nitrogen and oxygen atoms in total. The van der Waals surface area contributed by atoms with E-state index in [1.165, 1.54) is 5.56 Å². The second-order valence-electron chi connectivity index (χ2n) is 7.33. The number of benzene rings is 2. The highest BCUT2D eigenvalue weighted by atomic mass is 16.2. The van der Waals surface area contributed by atoms with Gasteiger partial charge >= 0.3 is 0 Å². The van der Waals surface area contributed by atoms with E-state index in [2.05, 4.69) is 35.4 Å². The molecule has 0 unspecified atom stereocenters. The van der Waals surface area contributed by atoms with Crippen molar-refractivity contribution in [2.24, 2.45) is 5.92 Å². The summed E-state index contributed by atoms with van der Waals surface area (Å²) < 4.78 is 1.88. The van der Waals surface area contributed by atoms with E-state index in [-0.39, 0.29) is 5.91 Å². The number of nitrogens with zero attached hydrogens (tertiary/aromatic N) is 3. The number of carbonyl (C=O) groups is 1. The fourth-order valence-corrected chi connectivity index (χ4v) is 3.80. The minimum atomic E-state index is 0.152. The van der Waals surface area contributed by atoms with Crippen LogP contribution in [0.25, 0.3) is 0 Å². The molecule has 0 spiro atoms. The fraction of sp³-hybridized carbons (Fsp3) is 0.304. The molecule has 2 aromatic carbocycles. The molecule has 3 aromatic rings. The minimum Gasteiger partial charge on any atom is -0.339 e. The highest BCUT2D eigenvalue weighted by Crippen LogP contribution is 2.23. The van der Waals surface area contributed by atoms with Crippen molar-refractivity contribution in [3.05, 3.63) is 89.7 Å². The number of rotatable bonds is 5. The zero-order valence-electron chi connectivity index (χ0n) is 15.5. The molecule has 1 aromatic heterocycles. The molecular weight excluding hydrogens is 334 g/mol. The van der Waals surface area contributed by atoms with Gasteiger partial charge in [-0.25, -0.2) is 0 Å². The van der Waals surface area contributed by atoms with Crippen LogP contribution in [0.5, 0.6) is 0 Å². The fourth-order valence-electron chi connectivity index (χ4n) is 3.80. The second-order valence-corrected chi connectivity index (χ2v) is 7.33. The van der Waals surface area contributed by atoms with E-state index in [1.807, 2.05) is 46.1 Å². The Morgan fingerprint density at radius 2 is 1.67 bits per heavy atom. The van der Waals surface area contributed by atoms with Crippen LogP contribution in [0.1, 0.15) is 34.3 Å². The van der Waals surface area contributed by atoms with Gasteiger partial charge in [-0.1, -0.05) is 42.5 Å². The average molecular weight is 359 g/mol. The van der Waals surface area contributed by atoms with E-state index < -0.39 is 0 Å². The number of hydrogen-bond acceptors (Lipinski definition) is 2. The van der Waals surface area contributed by atoms with Gasteiger partial charge in [0.2, 0.25) is 0 Å². The van der Waals surface area contributed by atoms with Crippen LogP contribution in [0.15, 0.2) is 73.1 Å². The number of hydrogen-bond donors (Lipinski definition) is 0. The van der Waals surface area contributed by atoms with Crippen molar-refractivity contribution in [3.63, 3.8) is 0 Å². The number of carbonyl (C=O) groups excluding carboxylic acids is 1. The second kappa shape index (κ2) is 8.21. The van der Waals surface area contributed by atoms with Gasteiger partial charge in [-0.05, 0) is 54.5 Å². The topological polar surface area (TPSA) is 38.1 Å². The molecule has 0 aliphatic carbocycles. The van der Waals surface area contributed by atoms with Crippen molar-refractivity contribution < 1.29 is 4.79 Å². The Morgan fingerprint density at radius 3 is 2.33 bits per heavy atom. The molecule has 0 atom stereocenters. The number of likely N-dealkylation sites (tertiary alicyclic amines) is 1. The van der Waals surface area contributed by atoms with Crippen LogP contribution < -0.4 is 0 Å². The summed E-state index contributed by atoms with van der Waals surface area (Å²) in [5, 5.41) is 4.22. The summed E-state index contributed by atoms with van der Waals surface area (Å²) in [5.74, 6) is 0.826. The van der Waals surface area contributed by atoms with Crippen LogP contribution in [-0.2, 0) is 13.0 Å². The van der Waals surface area contributed by atoms with Crippen LogP contribution >= 0.6 is 0 Å². The van der Waals surface area contributed by atoms with E-state index in [4.69, 9.17) is 0 Å². The summed E-state index contributed by atoms with van der Waals surface area (Å²) in [5.41, 5.74) is 3.33. The quantitative estimate of drug-likeness (QED) is 0.690. The summed E-state index contributed by atoms with van der Waals surface area (Å²) in [7, 11) is 0. The van der Waals surface area contributed by atoms with Crippen molar-refractivity contribution in [1.29, 1.82) is 0 Å². The van der Waals surface area contributed by atoms with Gasteiger partial charge in [-0.3, -0.25) is 9.48 Å². The third-order valence-electron chi connectivity index (χ3n) is 5.37. The lowest BCUT2D eigenvalue weighted by Crippen LogP contribution is -2.38. The van der Waals surface area contributed by atoms with Gasteiger partial charge in [0, 0.05) is 31.0 Å². The Balaban J connectivity index is 1.31. The lowest BCUT2D eigenvalue weighted by Gasteiger charge is -2.32. The zero-order chi connectivity index (χ0) is 18.5. The molecular formula is C23H25N3O. The Morgan fingerprint density at radius 1 is 0.926 bits per heavy atom. The van der Waals surface area contributed by atoms with Gasteiger partial charge in [0.05, 0.1) is 6.54 Å². The van der Waals surface area contributed by atoms with Gasteiger partial charge in [0.15, 0.2) is 0 Å². The minimum absolute atomic E-state index is 0.152. The molecule has 2 heterocycles. The third-order valence-corrected chi connectivity index (χ3v) is 5.37. The highest BCUT2D eigenvalue weighted by Gasteiger charge is 2.23. The van der Waals surface area contributed by atoms with Gasteiger partial charge in [-0.15, -0.1) is 0 Å². The van der Waals surface area contributed by atoms with E-state index >= 15 is 0 Å². The van der Waals surface area contributed by atoms with E-state index in [0.29, 0.717) is 5.92 Å². The summed E-state index contributed by atoms with van der Waals surface area (Å²) in [6.07, 6.45) is 7.00. The van der Waals surface area contributed by atoms with Gasteiger partial charge in [-0.2, -0.15) is 5.10 Å². The average Bonchev–Trinajstić information content (AvgIpc) is 3.22. The van der Waals surface area contributed by atoms with Crippen LogP contribution in [0.4, 0.5) is 0 Å². The zero-order valence-corrected chi connectivity index (χ0v) is 15.5. The first-order chi connectivity index (χ1) is 13.3. The van der Waals surface area contributed by atoms with Gasteiger partial charge < -0.3 is 4.90 Å². The number of aromatic nitrogens is 2. The number of amides is 1. The Kier molecular flexibility index (Phi) is 5.33. The Labute approximate surface area is 160 Å². The summed E-state index contributed by atoms with van der Waals surface area (Å²) in [4.78, 5) is 14.8. The first-order valence-corrected chi connectivity index (χ1v) is 9.67. The highest BCUT2D eigenvalue weighted by molar-refractivity contribution is 5.94. The maximum absolute atomic E-state index is 12.8. The molecule has 1 aliphatic rings. The first kappa shape index (κ1) is 17.5. The van der Waals surface area contributed by atoms with Crippen molar-refractivity contribution in [2.75, 3.05) is 13.1 Å². The normalized spacial score (nSPS) is 15.0. The maximum Gasteiger partial charge on any atom is 0.253 e. The SMILES string of the molecule is O=C(c1ccc(Cn2cccn2)cc1)N1CCC(Cc2ccccc2)CC1. The summed E-state index contributed by atoms with van der Waals surface area (Å²) >= 11 is 0. The largest absolute Gasteiger partial charge is 0.339 e. The molecule has 1 aliphatic heterocycles. The lowest BCUT2D eigenvalue weighted by molar-refractivity contribution is 0.0690. The van der Waals surface area contributed by atoms with E-state index in [9.17, 15) is 4.79 Å². The molecule has 27 heavy (non-hydrogen) atoms. The van der Waals surface area contributed by atoms with E-state index in [1.54, 1.807) is 6.20 Å². The Bertz CT molecular complexity index is 848. The molecule has 1 fully saturated rings. The van der Waals surface area contributed by atoms with Crippen LogP contribution in [0.2, 0.25) is 0 Å². The molecule has 0 bridgehead atoms. The monoisotopic (exact) mass is 359 g/mol. The van der Waals surface area contributed by atoms with Crippen LogP contribution in [-0.4, -0.2) is 33.7 Å². The van der Waals surface area contributed by atoms with Crippen molar-refractivity contribution in [1.82, 2.24) is 14.7 Å². The standard InChI is InChI=1S/C23H25N3O/c27-23(22-9-7-21(8-10-22)18-26-14-4-13-24-26)25-15-11-20(12-16-25)17-19-5-2-1-3-6-19/h1-10,13-14,20H,11-12,15-18H2. The molecule has 0 N–H and O–H groups in total. The predicted octanol–water partition coefficient (Wildman–Crippen LogP) is 4.03. The van der Waals surface area contributed by atoms with Crippen molar-refractivity contribution in [3.8, 4) is 0 Å². The molecule has 0 radical (unpaired) electrons. The summed E-state index contributed by atoms with van der Waals surface area (Å²) in [6.45, 7) is 2.43. The Hall–Kier alpha value is -2.88. The van der Waals surface area contributed by atoms with Crippen molar-refractivity contribution >= 4 is 5.91 Å². The smallest absolute Gasteiger partial charge is 0.253 e. The molecule has 4 rings (SSSR count). The number of piperidine rings is 1. The van der Waals surface area contributed by atoms with Crippen LogP contribution in [0, 0.1) is 5.92 Å². The predicted molar refractivity (Wildman–Crippen MR) is 107 cm³/mol. The van der Waals surface area contributed by atoms with Crippen molar-refractivity contribution in [2.45, 2.75) is 25.8 Å². The first-order valence-electron chi connectivity index (χ1n) is 9.67. The molecule has 1 saturated heterocycles. The maximum atomic E-state index is 12.8. The van der Waals surface area contributed by atoms with E-state index in [0.717, 1.165) is 50.0 Å². The molecule has 1 amide bonds. The van der Waals surface area contributed by atoms with Gasteiger partial charge in [0.1, 0.15) is 0 Å². The van der Waals surface area contributed by atoms with Gasteiger partial charge in [0.25, 0.3) is 5.91 Å². The lowest BCUT2D eigenvalue weighted by atomic mass is 9.90. The summed E-state index contributed by atoms with van der Waals surface area (Å²) in [6, 6.07) is 20.5. The van der Waals surface area contributed by atoms with Crippen LogP contribution in [0.3, 0.4) is 0 Å². The molecule has 138 valence electrons. The molecule has 0 saturated carbocycles.